The fourth-order valence-corrected chi connectivity index (χ4v) is 4.67. The zero-order valence-corrected chi connectivity index (χ0v) is 16.8. The number of fused-ring (bicyclic) bond motifs is 2. The van der Waals surface area contributed by atoms with Crippen LogP contribution in [0.2, 0.25) is 0 Å². The number of para-hydroxylation sites is 3. The Bertz CT molecular complexity index is 1370. The van der Waals surface area contributed by atoms with E-state index < -0.39 is 22.3 Å². The van der Waals surface area contributed by atoms with E-state index in [0.29, 0.717) is 21.3 Å². The van der Waals surface area contributed by atoms with Crippen LogP contribution < -0.4 is 5.73 Å². The number of aryl methyl sites for hydroxylation is 1. The molecule has 0 radical (unpaired) electrons. The van der Waals surface area contributed by atoms with Crippen molar-refractivity contribution in [2.75, 3.05) is 5.73 Å². The van der Waals surface area contributed by atoms with Crippen LogP contribution in [-0.2, 0) is 5.60 Å². The van der Waals surface area contributed by atoms with E-state index >= 15 is 0 Å². The molecule has 31 heavy (non-hydrogen) atoms. The number of rotatable bonds is 3. The van der Waals surface area contributed by atoms with E-state index in [1.54, 1.807) is 48.5 Å². The third-order valence-corrected chi connectivity index (χ3v) is 6.19. The van der Waals surface area contributed by atoms with E-state index in [1.807, 2.05) is 0 Å². The second kappa shape index (κ2) is 6.53. The maximum Gasteiger partial charge on any atom is 0.428 e. The van der Waals surface area contributed by atoms with Gasteiger partial charge in [0.05, 0.1) is 32.5 Å². The first-order chi connectivity index (χ1) is 14.7. The van der Waals surface area contributed by atoms with E-state index in [0.717, 1.165) is 16.0 Å². The molecule has 11 heteroatoms. The summed E-state index contributed by atoms with van der Waals surface area (Å²) in [6.45, 7) is 1.36. The van der Waals surface area contributed by atoms with Crippen LogP contribution in [0.3, 0.4) is 0 Å². The van der Waals surface area contributed by atoms with Gasteiger partial charge < -0.3 is 15.8 Å². The number of nitrogen functional groups attached to an aromatic ring is 1. The van der Waals surface area contributed by atoms with Crippen LogP contribution in [-0.4, -0.2) is 36.0 Å². The Balaban J connectivity index is 1.74. The van der Waals surface area contributed by atoms with Gasteiger partial charge in [-0.1, -0.05) is 24.3 Å². The highest BCUT2D eigenvalue weighted by atomic mass is 32.1. The standard InChI is InChI=1S/C20H15F3N6OS/c1-10-15(16(24)29(28-10)18-26-11-6-2-3-7-12(11)27-18)19(30,20(21,22)23)17-25-13-8-4-5-9-14(13)31-17/h2-9,30H,24H2,1H3,(H,26,27)/t19-/m0/s1. The van der Waals surface area contributed by atoms with Crippen LogP contribution in [0.4, 0.5) is 19.0 Å². The van der Waals surface area contributed by atoms with E-state index in [4.69, 9.17) is 5.73 Å². The molecule has 3 heterocycles. The Morgan fingerprint density at radius 1 is 1.03 bits per heavy atom. The summed E-state index contributed by atoms with van der Waals surface area (Å²) in [6, 6.07) is 13.7. The number of nitrogens with zero attached hydrogens (tertiary/aromatic N) is 4. The van der Waals surface area contributed by atoms with Gasteiger partial charge in [0.1, 0.15) is 10.8 Å². The molecule has 0 saturated carbocycles. The number of anilines is 1. The van der Waals surface area contributed by atoms with Crippen LogP contribution in [0, 0.1) is 6.92 Å². The second-order valence-electron chi connectivity index (χ2n) is 7.03. The number of alkyl halides is 3. The topological polar surface area (TPSA) is 106 Å². The van der Waals surface area contributed by atoms with Gasteiger partial charge in [-0.25, -0.2) is 9.97 Å². The van der Waals surface area contributed by atoms with Gasteiger partial charge >= 0.3 is 6.18 Å². The lowest BCUT2D eigenvalue weighted by Crippen LogP contribution is -2.44. The Hall–Kier alpha value is -3.44. The lowest BCUT2D eigenvalue weighted by molar-refractivity contribution is -0.248. The van der Waals surface area contributed by atoms with E-state index in [9.17, 15) is 18.3 Å². The molecule has 4 N–H and O–H groups in total. The van der Waals surface area contributed by atoms with E-state index in [2.05, 4.69) is 20.1 Å². The minimum absolute atomic E-state index is 0.0861. The van der Waals surface area contributed by atoms with Crippen LogP contribution in [0.5, 0.6) is 0 Å². The molecule has 5 aromatic rings. The number of halogens is 3. The van der Waals surface area contributed by atoms with Gasteiger partial charge in [0.25, 0.3) is 0 Å². The molecule has 0 aliphatic heterocycles. The average Bonchev–Trinajstić information content (AvgIpc) is 3.41. The molecule has 0 aliphatic carbocycles. The molecule has 3 aromatic heterocycles. The summed E-state index contributed by atoms with van der Waals surface area (Å²) in [7, 11) is 0. The smallest absolute Gasteiger partial charge is 0.383 e. The Morgan fingerprint density at radius 2 is 1.71 bits per heavy atom. The largest absolute Gasteiger partial charge is 0.428 e. The molecular weight excluding hydrogens is 429 g/mol. The number of benzene rings is 2. The molecule has 0 amide bonds. The van der Waals surface area contributed by atoms with Crippen LogP contribution >= 0.6 is 11.3 Å². The number of hydrogen-bond acceptors (Lipinski definition) is 6. The summed E-state index contributed by atoms with van der Waals surface area (Å²) in [5.41, 5.74) is 3.66. The van der Waals surface area contributed by atoms with Crippen molar-refractivity contribution in [3.8, 4) is 5.95 Å². The van der Waals surface area contributed by atoms with Gasteiger partial charge in [0, 0.05) is 0 Å². The van der Waals surface area contributed by atoms with Crippen molar-refractivity contribution in [2.24, 2.45) is 0 Å². The Morgan fingerprint density at radius 3 is 2.39 bits per heavy atom. The zero-order valence-electron chi connectivity index (χ0n) is 16.0. The molecule has 7 nitrogen and oxygen atoms in total. The number of aromatic nitrogens is 5. The van der Waals surface area contributed by atoms with Crippen LogP contribution in [0.25, 0.3) is 27.2 Å². The average molecular weight is 444 g/mol. The van der Waals surface area contributed by atoms with Crippen molar-refractivity contribution in [1.82, 2.24) is 24.7 Å². The monoisotopic (exact) mass is 444 g/mol. The van der Waals surface area contributed by atoms with E-state index in [1.165, 1.54) is 6.92 Å². The maximum absolute atomic E-state index is 14.3. The highest BCUT2D eigenvalue weighted by Gasteiger charge is 2.61. The highest BCUT2D eigenvalue weighted by Crippen LogP contribution is 2.49. The van der Waals surface area contributed by atoms with Gasteiger partial charge in [-0.3, -0.25) is 0 Å². The van der Waals surface area contributed by atoms with Gasteiger partial charge in [0.2, 0.25) is 11.5 Å². The molecule has 0 bridgehead atoms. The predicted molar refractivity (Wildman–Crippen MR) is 111 cm³/mol. The fraction of sp³-hybridized carbons (Fsp3) is 0.150. The number of thiazole rings is 1. The SMILES string of the molecule is Cc1nn(-c2nc3ccccc3[nH]2)c(N)c1[C@](O)(c1nc2ccccc2s1)C(F)(F)F. The summed E-state index contributed by atoms with van der Waals surface area (Å²) in [4.78, 5) is 11.4. The van der Waals surface area contributed by atoms with Gasteiger partial charge in [-0.15, -0.1) is 11.3 Å². The molecule has 5 rings (SSSR count). The molecule has 0 fully saturated rings. The van der Waals surface area contributed by atoms with Crippen molar-refractivity contribution >= 4 is 38.4 Å². The van der Waals surface area contributed by atoms with Crippen molar-refractivity contribution in [3.05, 3.63) is 64.8 Å². The molecule has 1 atom stereocenters. The zero-order chi connectivity index (χ0) is 22.0. The normalized spacial score (nSPS) is 14.4. The quantitative estimate of drug-likeness (QED) is 0.389. The van der Waals surface area contributed by atoms with Crippen LogP contribution in [0.15, 0.2) is 48.5 Å². The van der Waals surface area contributed by atoms with Gasteiger partial charge in [-0.2, -0.15) is 23.0 Å². The summed E-state index contributed by atoms with van der Waals surface area (Å²) >= 11 is 0.755. The lowest BCUT2D eigenvalue weighted by atomic mass is 9.93. The van der Waals surface area contributed by atoms with Crippen molar-refractivity contribution in [2.45, 2.75) is 18.7 Å². The minimum Gasteiger partial charge on any atom is -0.383 e. The highest BCUT2D eigenvalue weighted by molar-refractivity contribution is 7.18. The summed E-state index contributed by atoms with van der Waals surface area (Å²) in [5.74, 6) is -0.238. The number of hydrogen-bond donors (Lipinski definition) is 3. The first kappa shape index (κ1) is 19.5. The first-order valence-electron chi connectivity index (χ1n) is 9.16. The minimum atomic E-state index is -5.10. The number of imidazole rings is 1. The number of nitrogens with two attached hydrogens (primary N) is 1. The van der Waals surface area contributed by atoms with Gasteiger partial charge in [-0.05, 0) is 31.2 Å². The van der Waals surface area contributed by atoms with Crippen molar-refractivity contribution in [3.63, 3.8) is 0 Å². The lowest BCUT2D eigenvalue weighted by Gasteiger charge is -2.28. The maximum atomic E-state index is 14.3. The number of H-pyrrole nitrogens is 1. The Labute approximate surface area is 177 Å². The molecule has 0 unspecified atom stereocenters. The number of nitrogens with one attached hydrogen (secondary N) is 1. The third-order valence-electron chi connectivity index (χ3n) is 5.05. The van der Waals surface area contributed by atoms with Crippen molar-refractivity contribution < 1.29 is 18.3 Å². The molecule has 0 aliphatic rings. The summed E-state index contributed by atoms with van der Waals surface area (Å²) in [6.07, 6.45) is -5.10. The predicted octanol–water partition coefficient (Wildman–Crippen LogP) is 4.05. The molecule has 0 saturated heterocycles. The second-order valence-corrected chi connectivity index (χ2v) is 8.06. The van der Waals surface area contributed by atoms with Gasteiger partial charge in [0.15, 0.2) is 0 Å². The Kier molecular flexibility index (Phi) is 4.11. The van der Waals surface area contributed by atoms with E-state index in [-0.39, 0.29) is 17.5 Å². The molecule has 2 aromatic carbocycles. The van der Waals surface area contributed by atoms with Crippen LogP contribution in [0.1, 0.15) is 16.3 Å². The fourth-order valence-electron chi connectivity index (χ4n) is 3.59. The number of aromatic amines is 1. The summed E-state index contributed by atoms with van der Waals surface area (Å²) < 4.78 is 44.6. The number of aliphatic hydroxyl groups is 1. The third kappa shape index (κ3) is 2.81. The first-order valence-corrected chi connectivity index (χ1v) is 9.97. The van der Waals surface area contributed by atoms with Crippen molar-refractivity contribution in [1.29, 1.82) is 0 Å². The summed E-state index contributed by atoms with van der Waals surface area (Å²) in [5, 5.41) is 14.7. The molecular formula is C20H15F3N6OS. The molecule has 158 valence electrons. The molecule has 0 spiro atoms.